The second-order valence-electron chi connectivity index (χ2n) is 8.76. The topological polar surface area (TPSA) is 0 Å². The van der Waals surface area contributed by atoms with Gasteiger partial charge in [0.2, 0.25) is 0 Å². The molecule has 0 amide bonds. The molecule has 2 aromatic rings. The first-order valence-electron chi connectivity index (χ1n) is 8.74. The number of nitrogens with zero attached hydrogens (tertiary/aromatic N) is 1. The lowest BCUT2D eigenvalue weighted by Crippen LogP contribution is -2.56. The van der Waals surface area contributed by atoms with E-state index in [0.717, 1.165) is 4.48 Å². The van der Waals surface area contributed by atoms with Gasteiger partial charge in [-0.2, -0.15) is 0 Å². The van der Waals surface area contributed by atoms with E-state index >= 15 is 0 Å². The number of likely N-dealkylation sites (N-methyl/N-ethyl adjacent to an activating group) is 1. The zero-order chi connectivity index (χ0) is 16.7. The highest BCUT2D eigenvalue weighted by atomic mass is 28.3. The molecule has 0 saturated heterocycles. The highest BCUT2D eigenvalue weighted by molar-refractivity contribution is 6.76. The molecule has 1 aliphatic heterocycles. The summed E-state index contributed by atoms with van der Waals surface area (Å²) < 4.78 is 1.16. The molecular formula is C21H30NSi+. The molecule has 1 nitrogen and oxygen atoms in total. The van der Waals surface area contributed by atoms with E-state index in [9.17, 15) is 0 Å². The van der Waals surface area contributed by atoms with Gasteiger partial charge in [-0.25, -0.2) is 0 Å². The number of quaternary nitrogens is 1. The largest absolute Gasteiger partial charge is 0.319 e. The maximum absolute atomic E-state index is 2.50. The minimum Gasteiger partial charge on any atom is -0.319 e. The Morgan fingerprint density at radius 1 is 0.957 bits per heavy atom. The van der Waals surface area contributed by atoms with E-state index in [1.54, 1.807) is 11.1 Å². The van der Waals surface area contributed by atoms with Crippen LogP contribution in [0.3, 0.4) is 0 Å². The first-order chi connectivity index (χ1) is 10.8. The van der Waals surface area contributed by atoms with E-state index in [4.69, 9.17) is 0 Å². The molecule has 0 spiro atoms. The third kappa shape index (κ3) is 3.59. The predicted molar refractivity (Wildman–Crippen MR) is 102 cm³/mol. The van der Waals surface area contributed by atoms with E-state index in [1.165, 1.54) is 30.3 Å². The van der Waals surface area contributed by atoms with Crippen LogP contribution >= 0.6 is 0 Å². The molecule has 0 bridgehead atoms. The van der Waals surface area contributed by atoms with Gasteiger partial charge in [-0.3, -0.25) is 0 Å². The van der Waals surface area contributed by atoms with Crippen LogP contribution in [-0.2, 0) is 13.0 Å². The standard InChI is InChI=1S/C21H30NSi/c1-17-10-12-18(13-11-17)21-14-19-8-6-7-9-20(19)15-22(21,2)16-23(3,4)5/h6-13,21H,14-16H2,1-5H3/q+1/t21-,22-/m1/s1. The van der Waals surface area contributed by atoms with Crippen LogP contribution < -0.4 is 0 Å². The van der Waals surface area contributed by atoms with Crippen LogP contribution in [0.1, 0.15) is 28.3 Å². The molecule has 2 aromatic carbocycles. The van der Waals surface area contributed by atoms with Crippen molar-refractivity contribution in [3.05, 3.63) is 70.8 Å². The fraction of sp³-hybridized carbons (Fsp3) is 0.429. The van der Waals surface area contributed by atoms with Crippen LogP contribution in [0.4, 0.5) is 0 Å². The number of benzene rings is 2. The zero-order valence-electron chi connectivity index (χ0n) is 15.3. The van der Waals surface area contributed by atoms with E-state index in [1.807, 2.05) is 0 Å². The van der Waals surface area contributed by atoms with Gasteiger partial charge in [-0.1, -0.05) is 73.7 Å². The summed E-state index contributed by atoms with van der Waals surface area (Å²) in [6, 6.07) is 18.9. The Kier molecular flexibility index (Phi) is 4.24. The van der Waals surface area contributed by atoms with Gasteiger partial charge in [0.1, 0.15) is 20.7 Å². The van der Waals surface area contributed by atoms with Crippen LogP contribution in [-0.4, -0.2) is 25.8 Å². The van der Waals surface area contributed by atoms with Gasteiger partial charge >= 0.3 is 0 Å². The summed E-state index contributed by atoms with van der Waals surface area (Å²) in [6.45, 7) is 10.9. The Morgan fingerprint density at radius 2 is 1.57 bits per heavy atom. The number of aryl methyl sites for hydroxylation is 1. The van der Waals surface area contributed by atoms with Crippen LogP contribution in [0.5, 0.6) is 0 Å². The minimum absolute atomic E-state index is 0.581. The number of hydrogen-bond acceptors (Lipinski definition) is 0. The van der Waals surface area contributed by atoms with E-state index < -0.39 is 8.07 Å². The molecule has 1 aliphatic rings. The van der Waals surface area contributed by atoms with E-state index in [2.05, 4.69) is 82.1 Å². The SMILES string of the molecule is Cc1ccc([C@H]2Cc3ccccc3C[N@+]2(C)C[Si](C)(C)C)cc1. The normalized spacial score (nSPS) is 24.3. The maximum atomic E-state index is 2.50. The lowest BCUT2D eigenvalue weighted by molar-refractivity contribution is -0.945. The minimum atomic E-state index is -1.15. The van der Waals surface area contributed by atoms with Crippen molar-refractivity contribution >= 4 is 8.07 Å². The molecule has 122 valence electrons. The summed E-state index contributed by atoms with van der Waals surface area (Å²) in [5.74, 6) is 0. The second-order valence-corrected chi connectivity index (χ2v) is 14.2. The van der Waals surface area contributed by atoms with Crippen LogP contribution in [0.2, 0.25) is 19.6 Å². The molecule has 0 radical (unpaired) electrons. The fourth-order valence-electron chi connectivity index (χ4n) is 4.35. The molecule has 2 heteroatoms. The van der Waals surface area contributed by atoms with Gasteiger partial charge in [0.25, 0.3) is 0 Å². The predicted octanol–water partition coefficient (Wildman–Crippen LogP) is 5.12. The number of rotatable bonds is 3. The average Bonchev–Trinajstić information content (AvgIpc) is 2.45. The van der Waals surface area contributed by atoms with Crippen molar-refractivity contribution in [1.82, 2.24) is 0 Å². The average molecular weight is 325 g/mol. The summed E-state index contributed by atoms with van der Waals surface area (Å²) in [5.41, 5.74) is 5.95. The Morgan fingerprint density at radius 3 is 2.17 bits per heavy atom. The molecule has 0 fully saturated rings. The molecule has 0 unspecified atom stereocenters. The van der Waals surface area contributed by atoms with Crippen molar-refractivity contribution in [2.24, 2.45) is 0 Å². The molecule has 0 saturated carbocycles. The fourth-order valence-corrected chi connectivity index (χ4v) is 6.85. The van der Waals surface area contributed by atoms with E-state index in [-0.39, 0.29) is 0 Å². The molecule has 3 rings (SSSR count). The molecule has 0 aliphatic carbocycles. The molecule has 0 aromatic heterocycles. The van der Waals surface area contributed by atoms with Gasteiger partial charge in [0.05, 0.1) is 13.2 Å². The molecule has 2 atom stereocenters. The third-order valence-corrected chi connectivity index (χ3v) is 6.78. The Balaban J connectivity index is 2.04. The lowest BCUT2D eigenvalue weighted by Gasteiger charge is -2.48. The summed E-state index contributed by atoms with van der Waals surface area (Å²) in [7, 11) is 1.33. The highest BCUT2D eigenvalue weighted by Crippen LogP contribution is 2.39. The molecular weight excluding hydrogens is 294 g/mol. The smallest absolute Gasteiger partial charge is 0.119 e. The Labute approximate surface area is 142 Å². The number of hydrogen-bond donors (Lipinski definition) is 0. The first kappa shape index (κ1) is 16.5. The summed E-state index contributed by atoms with van der Waals surface area (Å²) in [4.78, 5) is 0. The zero-order valence-corrected chi connectivity index (χ0v) is 16.3. The second kappa shape index (κ2) is 5.92. The van der Waals surface area contributed by atoms with Crippen LogP contribution in [0.25, 0.3) is 0 Å². The Hall–Kier alpha value is -1.38. The monoisotopic (exact) mass is 324 g/mol. The summed E-state index contributed by atoms with van der Waals surface area (Å²) >= 11 is 0. The third-order valence-electron chi connectivity index (χ3n) is 5.11. The van der Waals surface area contributed by atoms with Gasteiger partial charge < -0.3 is 4.48 Å². The summed E-state index contributed by atoms with van der Waals surface area (Å²) in [6.07, 6.45) is 2.50. The van der Waals surface area contributed by atoms with Crippen molar-refractivity contribution in [3.8, 4) is 0 Å². The number of fused-ring (bicyclic) bond motifs is 1. The maximum Gasteiger partial charge on any atom is 0.119 e. The first-order valence-corrected chi connectivity index (χ1v) is 12.5. The van der Waals surface area contributed by atoms with Gasteiger partial charge in [0, 0.05) is 17.5 Å². The lowest BCUT2D eigenvalue weighted by atomic mass is 9.88. The van der Waals surface area contributed by atoms with Crippen molar-refractivity contribution in [3.63, 3.8) is 0 Å². The van der Waals surface area contributed by atoms with Crippen LogP contribution in [0.15, 0.2) is 48.5 Å². The van der Waals surface area contributed by atoms with Crippen LogP contribution in [0, 0.1) is 6.92 Å². The van der Waals surface area contributed by atoms with E-state index in [0.29, 0.717) is 6.04 Å². The van der Waals surface area contributed by atoms with Gasteiger partial charge in [0.15, 0.2) is 0 Å². The van der Waals surface area contributed by atoms with Gasteiger partial charge in [-0.05, 0) is 12.5 Å². The Bertz CT molecular complexity index is 684. The van der Waals surface area contributed by atoms with Crippen molar-refractivity contribution in [2.75, 3.05) is 13.2 Å². The summed E-state index contributed by atoms with van der Waals surface area (Å²) in [5, 5.41) is 0. The molecule has 0 N–H and O–H groups in total. The quantitative estimate of drug-likeness (QED) is 0.543. The van der Waals surface area contributed by atoms with Crippen molar-refractivity contribution < 1.29 is 4.48 Å². The molecule has 23 heavy (non-hydrogen) atoms. The van der Waals surface area contributed by atoms with Crippen molar-refractivity contribution in [1.29, 1.82) is 0 Å². The highest BCUT2D eigenvalue weighted by Gasteiger charge is 2.41. The molecule has 1 heterocycles. The van der Waals surface area contributed by atoms with Gasteiger partial charge in [-0.15, -0.1) is 0 Å². The van der Waals surface area contributed by atoms with Crippen molar-refractivity contribution in [2.45, 2.75) is 45.6 Å².